The lowest BCUT2D eigenvalue weighted by Crippen LogP contribution is -2.51. The Hall–Kier alpha value is -1.32. The quantitative estimate of drug-likeness (QED) is 0.910. The zero-order chi connectivity index (χ0) is 15.6. The molecule has 0 bridgehead atoms. The van der Waals surface area contributed by atoms with E-state index in [1.54, 1.807) is 0 Å². The lowest BCUT2D eigenvalue weighted by molar-refractivity contribution is -0.0522. The molecule has 0 radical (unpaired) electrons. The van der Waals surface area contributed by atoms with E-state index in [0.29, 0.717) is 12.6 Å². The number of alkyl halides is 2. The molecule has 5 nitrogen and oxygen atoms in total. The van der Waals surface area contributed by atoms with E-state index in [1.807, 2.05) is 6.92 Å². The van der Waals surface area contributed by atoms with E-state index in [-0.39, 0.29) is 24.0 Å². The van der Waals surface area contributed by atoms with Gasteiger partial charge in [-0.05, 0) is 25.1 Å². The maximum absolute atomic E-state index is 13.6. The molecule has 2 rings (SSSR count). The molecular weight excluding hydrogens is 309 g/mol. The van der Waals surface area contributed by atoms with Crippen LogP contribution in [0.3, 0.4) is 0 Å². The van der Waals surface area contributed by atoms with Gasteiger partial charge in [0.15, 0.2) is 11.6 Å². The summed E-state index contributed by atoms with van der Waals surface area (Å²) in [5, 5.41) is 3.09. The lowest BCUT2D eigenvalue weighted by atomic mass is 10.3. The van der Waals surface area contributed by atoms with Crippen molar-refractivity contribution in [3.8, 4) is 5.75 Å². The number of sulfonamides is 1. The highest BCUT2D eigenvalue weighted by molar-refractivity contribution is 7.89. The van der Waals surface area contributed by atoms with Crippen LogP contribution in [0.15, 0.2) is 23.1 Å². The van der Waals surface area contributed by atoms with E-state index in [0.717, 1.165) is 12.1 Å². The largest absolute Gasteiger partial charge is 0.432 e. The minimum atomic E-state index is -3.85. The molecule has 0 amide bonds. The summed E-state index contributed by atoms with van der Waals surface area (Å²) in [6.45, 7) is -0.309. The van der Waals surface area contributed by atoms with E-state index in [4.69, 9.17) is 0 Å². The number of halogens is 3. The summed E-state index contributed by atoms with van der Waals surface area (Å²) in [6.07, 6.45) is 0. The standard InChI is InChI=1S/C12H15F3N2O3S/c1-8-7-17(5-4-16-8)21(18,19)9-2-3-11(10(13)6-9)20-12(14)15/h2-3,6,8,12,16H,4-5,7H2,1H3/t8-/m1/s1. The Kier molecular flexibility index (Phi) is 4.74. The second-order valence-corrected chi connectivity index (χ2v) is 6.63. The summed E-state index contributed by atoms with van der Waals surface area (Å²) >= 11 is 0. The van der Waals surface area contributed by atoms with Crippen LogP contribution < -0.4 is 10.1 Å². The fourth-order valence-electron chi connectivity index (χ4n) is 2.10. The van der Waals surface area contributed by atoms with Gasteiger partial charge in [0.2, 0.25) is 10.0 Å². The van der Waals surface area contributed by atoms with E-state index in [2.05, 4.69) is 10.1 Å². The zero-order valence-corrected chi connectivity index (χ0v) is 12.0. The van der Waals surface area contributed by atoms with Gasteiger partial charge >= 0.3 is 6.61 Å². The zero-order valence-electron chi connectivity index (χ0n) is 11.2. The van der Waals surface area contributed by atoms with E-state index in [1.165, 1.54) is 4.31 Å². The highest BCUT2D eigenvalue weighted by Crippen LogP contribution is 2.25. The highest BCUT2D eigenvalue weighted by atomic mass is 32.2. The SMILES string of the molecule is C[C@@H]1CN(S(=O)(=O)c2ccc(OC(F)F)c(F)c2)CCN1. The normalized spacial score (nSPS) is 20.7. The van der Waals surface area contributed by atoms with Crippen molar-refractivity contribution in [2.24, 2.45) is 0 Å². The monoisotopic (exact) mass is 324 g/mol. The Morgan fingerprint density at radius 2 is 2.14 bits per heavy atom. The van der Waals surface area contributed by atoms with Crippen LogP contribution in [0.1, 0.15) is 6.92 Å². The van der Waals surface area contributed by atoms with Gasteiger partial charge in [0.05, 0.1) is 4.90 Å². The summed E-state index contributed by atoms with van der Waals surface area (Å²) in [4.78, 5) is -0.282. The molecule has 1 atom stereocenters. The van der Waals surface area contributed by atoms with Gasteiger partial charge in [0, 0.05) is 25.7 Å². The molecule has 1 heterocycles. The number of ether oxygens (including phenoxy) is 1. The van der Waals surface area contributed by atoms with Gasteiger partial charge in [-0.15, -0.1) is 0 Å². The minimum Gasteiger partial charge on any atom is -0.432 e. The van der Waals surface area contributed by atoms with E-state index in [9.17, 15) is 21.6 Å². The van der Waals surface area contributed by atoms with Gasteiger partial charge < -0.3 is 10.1 Å². The van der Waals surface area contributed by atoms with Gasteiger partial charge in [-0.1, -0.05) is 0 Å². The van der Waals surface area contributed by atoms with Crippen molar-refractivity contribution in [3.63, 3.8) is 0 Å². The van der Waals surface area contributed by atoms with Crippen molar-refractivity contribution < 1.29 is 26.3 Å². The van der Waals surface area contributed by atoms with Gasteiger partial charge in [0.1, 0.15) is 0 Å². The minimum absolute atomic E-state index is 0.0141. The van der Waals surface area contributed by atoms with E-state index >= 15 is 0 Å². The van der Waals surface area contributed by atoms with Crippen molar-refractivity contribution in [1.29, 1.82) is 0 Å². The second kappa shape index (κ2) is 6.20. The lowest BCUT2D eigenvalue weighted by Gasteiger charge is -2.31. The Morgan fingerprint density at radius 3 is 2.71 bits per heavy atom. The number of nitrogens with zero attached hydrogens (tertiary/aromatic N) is 1. The summed E-state index contributed by atoms with van der Waals surface area (Å²) < 4.78 is 67.6. The van der Waals surface area contributed by atoms with Crippen molar-refractivity contribution in [2.75, 3.05) is 19.6 Å². The molecule has 1 aliphatic heterocycles. The van der Waals surface area contributed by atoms with Gasteiger partial charge in [-0.3, -0.25) is 0 Å². The van der Waals surface area contributed by atoms with Gasteiger partial charge in [0.25, 0.3) is 0 Å². The molecule has 1 fully saturated rings. The van der Waals surface area contributed by atoms with Crippen LogP contribution in [0.2, 0.25) is 0 Å². The molecule has 0 saturated carbocycles. The molecule has 1 saturated heterocycles. The third-order valence-corrected chi connectivity index (χ3v) is 4.95. The first kappa shape index (κ1) is 16.1. The molecule has 1 aromatic rings. The molecule has 0 aliphatic carbocycles. The van der Waals surface area contributed by atoms with Crippen molar-refractivity contribution in [3.05, 3.63) is 24.0 Å². The first-order valence-corrected chi connectivity index (χ1v) is 7.72. The van der Waals surface area contributed by atoms with Crippen LogP contribution in [-0.4, -0.2) is 45.0 Å². The van der Waals surface area contributed by atoms with Crippen molar-refractivity contribution >= 4 is 10.0 Å². The molecule has 0 unspecified atom stereocenters. The molecule has 1 aromatic carbocycles. The van der Waals surface area contributed by atoms with E-state index < -0.39 is 28.2 Å². The first-order chi connectivity index (χ1) is 9.80. The number of benzene rings is 1. The fraction of sp³-hybridized carbons (Fsp3) is 0.500. The predicted octanol–water partition coefficient (Wildman–Crippen LogP) is 1.41. The second-order valence-electron chi connectivity index (χ2n) is 4.69. The maximum Gasteiger partial charge on any atom is 0.387 e. The van der Waals surface area contributed by atoms with Gasteiger partial charge in [-0.2, -0.15) is 13.1 Å². The number of piperazine rings is 1. The third kappa shape index (κ3) is 3.66. The summed E-state index contributed by atoms with van der Waals surface area (Å²) in [5.74, 6) is -1.82. The Morgan fingerprint density at radius 1 is 1.43 bits per heavy atom. The molecule has 21 heavy (non-hydrogen) atoms. The summed E-state index contributed by atoms with van der Waals surface area (Å²) in [6, 6.07) is 2.63. The van der Waals surface area contributed by atoms with Crippen LogP contribution in [0.25, 0.3) is 0 Å². The van der Waals surface area contributed by atoms with Crippen molar-refractivity contribution in [2.45, 2.75) is 24.5 Å². The predicted molar refractivity (Wildman–Crippen MR) is 69.3 cm³/mol. The molecular formula is C12H15F3N2O3S. The average Bonchev–Trinajstić information content (AvgIpc) is 2.40. The molecule has 118 valence electrons. The van der Waals surface area contributed by atoms with Crippen LogP contribution in [0.4, 0.5) is 13.2 Å². The van der Waals surface area contributed by atoms with Crippen molar-refractivity contribution in [1.82, 2.24) is 9.62 Å². The average molecular weight is 324 g/mol. The fourth-order valence-corrected chi connectivity index (χ4v) is 3.64. The Bertz CT molecular complexity index is 610. The Balaban J connectivity index is 2.26. The van der Waals surface area contributed by atoms with Crippen LogP contribution in [0, 0.1) is 5.82 Å². The van der Waals surface area contributed by atoms with Crippen LogP contribution >= 0.6 is 0 Å². The number of hydrogen-bond donors (Lipinski definition) is 1. The molecule has 0 aromatic heterocycles. The molecule has 9 heteroatoms. The first-order valence-electron chi connectivity index (χ1n) is 6.28. The highest BCUT2D eigenvalue weighted by Gasteiger charge is 2.29. The Labute approximate surface area is 120 Å². The number of rotatable bonds is 4. The van der Waals surface area contributed by atoms with Crippen LogP contribution in [0.5, 0.6) is 5.75 Å². The van der Waals surface area contributed by atoms with Crippen LogP contribution in [-0.2, 0) is 10.0 Å². The molecule has 1 N–H and O–H groups in total. The third-order valence-electron chi connectivity index (χ3n) is 3.09. The molecule has 1 aliphatic rings. The number of nitrogens with one attached hydrogen (secondary N) is 1. The van der Waals surface area contributed by atoms with Gasteiger partial charge in [-0.25, -0.2) is 12.8 Å². The summed E-state index contributed by atoms with van der Waals surface area (Å²) in [5.41, 5.74) is 0. The summed E-state index contributed by atoms with van der Waals surface area (Å²) in [7, 11) is -3.85. The maximum atomic E-state index is 13.6. The topological polar surface area (TPSA) is 58.6 Å². The smallest absolute Gasteiger partial charge is 0.387 e. The number of hydrogen-bond acceptors (Lipinski definition) is 4. The molecule has 0 spiro atoms.